The van der Waals surface area contributed by atoms with Gasteiger partial charge in [0.05, 0.1) is 37.1 Å². The van der Waals surface area contributed by atoms with Crippen LogP contribution in [0, 0.1) is 0 Å². The van der Waals surface area contributed by atoms with Crippen LogP contribution in [0.25, 0.3) is 22.3 Å². The summed E-state index contributed by atoms with van der Waals surface area (Å²) in [6.45, 7) is 6.68. The minimum absolute atomic E-state index is 0.119. The number of esters is 1. The highest BCUT2D eigenvalue weighted by Crippen LogP contribution is 2.38. The molecule has 5 rings (SSSR count). The van der Waals surface area contributed by atoms with Crippen molar-refractivity contribution in [3.8, 4) is 11.4 Å². The molecule has 0 radical (unpaired) electrons. The predicted molar refractivity (Wildman–Crippen MR) is 132 cm³/mol. The maximum Gasteiger partial charge on any atom is 0.343 e. The molecule has 0 spiro atoms. The van der Waals surface area contributed by atoms with E-state index in [0.717, 1.165) is 34.6 Å². The van der Waals surface area contributed by atoms with Crippen LogP contribution in [-0.4, -0.2) is 34.6 Å². The molecule has 2 aliphatic heterocycles. The van der Waals surface area contributed by atoms with Crippen molar-refractivity contribution in [2.75, 3.05) is 5.88 Å². The second kappa shape index (κ2) is 7.79. The third-order valence-electron chi connectivity index (χ3n) is 7.20. The number of nitrogens with zero attached hydrogens (tertiary/aromatic N) is 2. The lowest BCUT2D eigenvalue weighted by Gasteiger charge is -2.31. The Morgan fingerprint density at radius 3 is 2.79 bits per heavy atom. The predicted octanol–water partition coefficient (Wildman–Crippen LogP) is 3.62. The standard InChI is InChI=1S/C25H27ClN2O4Si/c1-4-25(31)18-12-19-21-16(13-28(19)23(29)17(18)14-32-24(25)30)11-15-7-5-8-20(22(15)27-21)33(2,3)10-6-9-26/h5,7-8,11-12,31H,4,6,9-10,13-14H2,1-3H3/t25-/m0/s1. The average Bonchev–Trinajstić information content (AvgIpc) is 3.16. The maximum absolute atomic E-state index is 13.3. The van der Waals surface area contributed by atoms with Crippen LogP contribution in [0.3, 0.4) is 0 Å². The average molecular weight is 483 g/mol. The number of fused-ring (bicyclic) bond motifs is 5. The third kappa shape index (κ3) is 3.28. The minimum atomic E-state index is -1.82. The van der Waals surface area contributed by atoms with Crippen molar-refractivity contribution in [3.63, 3.8) is 0 Å². The molecule has 33 heavy (non-hydrogen) atoms. The summed E-state index contributed by atoms with van der Waals surface area (Å²) in [5, 5.41) is 13.4. The van der Waals surface area contributed by atoms with Crippen LogP contribution in [0.1, 0.15) is 36.5 Å². The van der Waals surface area contributed by atoms with Gasteiger partial charge in [-0.1, -0.05) is 44.3 Å². The van der Waals surface area contributed by atoms with Gasteiger partial charge in [0.2, 0.25) is 0 Å². The number of rotatable bonds is 5. The quantitative estimate of drug-likeness (QED) is 0.267. The fraction of sp³-hybridized carbons (Fsp3) is 0.400. The number of cyclic esters (lactones) is 1. The first-order valence-electron chi connectivity index (χ1n) is 11.4. The molecule has 6 nitrogen and oxygen atoms in total. The van der Waals surface area contributed by atoms with Gasteiger partial charge in [-0.25, -0.2) is 9.78 Å². The van der Waals surface area contributed by atoms with Crippen LogP contribution in [0.4, 0.5) is 0 Å². The Bertz CT molecular complexity index is 1370. The van der Waals surface area contributed by atoms with Crippen LogP contribution >= 0.6 is 11.6 Å². The SMILES string of the molecule is CC[C@@]1(O)C(=O)OCc2c1cc1n(c2=O)Cc2cc3cccc([Si](C)(C)CCCCl)c3nc2-1. The highest BCUT2D eigenvalue weighted by Gasteiger charge is 2.45. The van der Waals surface area contributed by atoms with Crippen LogP contribution in [0.5, 0.6) is 0 Å². The monoisotopic (exact) mass is 482 g/mol. The molecule has 2 aliphatic rings. The molecule has 0 aliphatic carbocycles. The molecule has 8 heteroatoms. The number of aliphatic hydroxyl groups is 1. The fourth-order valence-electron chi connectivity index (χ4n) is 5.20. The van der Waals surface area contributed by atoms with Gasteiger partial charge in [-0.15, -0.1) is 11.6 Å². The summed E-state index contributed by atoms with van der Waals surface area (Å²) in [4.78, 5) is 30.8. The van der Waals surface area contributed by atoms with E-state index in [9.17, 15) is 14.7 Å². The van der Waals surface area contributed by atoms with Gasteiger partial charge in [-0.2, -0.15) is 0 Å². The molecule has 1 N–H and O–H groups in total. The summed E-state index contributed by atoms with van der Waals surface area (Å²) < 4.78 is 6.84. The first-order valence-corrected chi connectivity index (χ1v) is 15.1. The van der Waals surface area contributed by atoms with Crippen molar-refractivity contribution in [1.82, 2.24) is 9.55 Å². The molecule has 3 aromatic rings. The van der Waals surface area contributed by atoms with Gasteiger partial charge in [0.25, 0.3) is 5.56 Å². The van der Waals surface area contributed by atoms with Gasteiger partial charge in [0, 0.05) is 22.4 Å². The van der Waals surface area contributed by atoms with Crippen LogP contribution in [0.15, 0.2) is 35.1 Å². The Kier molecular flexibility index (Phi) is 5.27. The van der Waals surface area contributed by atoms with E-state index in [1.165, 1.54) is 5.19 Å². The van der Waals surface area contributed by atoms with E-state index < -0.39 is 19.6 Å². The van der Waals surface area contributed by atoms with Gasteiger partial charge >= 0.3 is 5.97 Å². The zero-order chi connectivity index (χ0) is 23.5. The molecular formula is C25H27ClN2O4Si. The summed E-state index contributed by atoms with van der Waals surface area (Å²) in [6, 6.07) is 11.3. The van der Waals surface area contributed by atoms with Crippen molar-refractivity contribution in [1.29, 1.82) is 0 Å². The Balaban J connectivity index is 1.73. The molecule has 0 fully saturated rings. The van der Waals surface area contributed by atoms with Crippen LogP contribution in [-0.2, 0) is 28.3 Å². The Hall–Kier alpha value is -2.48. The van der Waals surface area contributed by atoms with Gasteiger partial charge in [-0.05, 0) is 30.2 Å². The van der Waals surface area contributed by atoms with E-state index >= 15 is 0 Å². The molecular weight excluding hydrogens is 456 g/mol. The summed E-state index contributed by atoms with van der Waals surface area (Å²) in [5.41, 5.74) is 1.96. The Labute approximate surface area is 198 Å². The van der Waals surface area contributed by atoms with E-state index in [-0.39, 0.29) is 18.6 Å². The van der Waals surface area contributed by atoms with Crippen LogP contribution in [0.2, 0.25) is 19.1 Å². The first-order chi connectivity index (χ1) is 15.7. The molecule has 0 amide bonds. The summed E-state index contributed by atoms with van der Waals surface area (Å²) in [7, 11) is -1.78. The zero-order valence-corrected chi connectivity index (χ0v) is 20.8. The first kappa shape index (κ1) is 22.3. The lowest BCUT2D eigenvalue weighted by atomic mass is 9.86. The number of alkyl halides is 1. The van der Waals surface area contributed by atoms with Crippen molar-refractivity contribution >= 4 is 41.7 Å². The number of para-hydroxylation sites is 1. The molecule has 0 unspecified atom stereocenters. The lowest BCUT2D eigenvalue weighted by molar-refractivity contribution is -0.172. The Morgan fingerprint density at radius 2 is 2.06 bits per heavy atom. The van der Waals surface area contributed by atoms with E-state index in [1.54, 1.807) is 17.6 Å². The molecule has 2 aromatic heterocycles. The molecule has 172 valence electrons. The topological polar surface area (TPSA) is 81.4 Å². The number of hydrogen-bond donors (Lipinski definition) is 1. The zero-order valence-electron chi connectivity index (χ0n) is 19.1. The van der Waals surface area contributed by atoms with E-state index in [0.29, 0.717) is 29.2 Å². The van der Waals surface area contributed by atoms with Crippen molar-refractivity contribution in [2.24, 2.45) is 0 Å². The summed E-state index contributed by atoms with van der Waals surface area (Å²) in [5.74, 6) is -0.0605. The molecule has 4 heterocycles. The molecule has 1 atom stereocenters. The number of pyridine rings is 2. The lowest BCUT2D eigenvalue weighted by Crippen LogP contribution is -2.44. The number of aromatic nitrogens is 2. The highest BCUT2D eigenvalue weighted by atomic mass is 35.5. The van der Waals surface area contributed by atoms with E-state index in [4.69, 9.17) is 21.3 Å². The van der Waals surface area contributed by atoms with Gasteiger partial charge < -0.3 is 14.4 Å². The van der Waals surface area contributed by atoms with Gasteiger partial charge in [0.1, 0.15) is 6.61 Å². The number of benzene rings is 1. The van der Waals surface area contributed by atoms with E-state index in [1.807, 2.05) is 0 Å². The number of hydrogen-bond acceptors (Lipinski definition) is 5. The molecule has 0 saturated carbocycles. The van der Waals surface area contributed by atoms with Gasteiger partial charge in [-0.3, -0.25) is 4.79 Å². The summed E-state index contributed by atoms with van der Waals surface area (Å²) in [6.07, 6.45) is 1.10. The number of halogens is 1. The minimum Gasteiger partial charge on any atom is -0.458 e. The summed E-state index contributed by atoms with van der Waals surface area (Å²) >= 11 is 5.99. The number of ether oxygens (including phenoxy) is 1. The largest absolute Gasteiger partial charge is 0.458 e. The van der Waals surface area contributed by atoms with Crippen LogP contribution < -0.4 is 10.7 Å². The van der Waals surface area contributed by atoms with Gasteiger partial charge in [0.15, 0.2) is 5.60 Å². The van der Waals surface area contributed by atoms with Crippen molar-refractivity contribution < 1.29 is 14.6 Å². The smallest absolute Gasteiger partial charge is 0.343 e. The number of carbonyl (C=O) groups excluding carboxylic acids is 1. The second-order valence-corrected chi connectivity index (χ2v) is 14.8. The fourth-order valence-corrected chi connectivity index (χ4v) is 8.27. The molecule has 0 saturated heterocycles. The third-order valence-corrected chi connectivity index (χ3v) is 10.9. The molecule has 0 bridgehead atoms. The molecule has 1 aromatic carbocycles. The second-order valence-electron chi connectivity index (χ2n) is 9.65. The highest BCUT2D eigenvalue weighted by molar-refractivity contribution is 6.91. The number of carbonyl (C=O) groups is 1. The maximum atomic E-state index is 13.3. The van der Waals surface area contributed by atoms with Crippen molar-refractivity contribution in [3.05, 3.63) is 57.4 Å². The van der Waals surface area contributed by atoms with Crippen molar-refractivity contribution in [2.45, 2.75) is 57.7 Å². The normalized spacial score (nSPS) is 19.2. The Morgan fingerprint density at radius 1 is 1.27 bits per heavy atom. The van der Waals surface area contributed by atoms with E-state index in [2.05, 4.69) is 37.4 Å².